The first-order valence-electron chi connectivity index (χ1n) is 19.1. The molecule has 0 aliphatic heterocycles. The molecule has 50 heavy (non-hydrogen) atoms. The zero-order chi connectivity index (χ0) is 37.8. The summed E-state index contributed by atoms with van der Waals surface area (Å²) in [4.78, 5) is 53.7. The molecule has 0 radical (unpaired) electrons. The summed E-state index contributed by atoms with van der Waals surface area (Å²) in [6.07, 6.45) is 23.7. The molecule has 0 heterocycles. The number of rotatable bonds is 32. The van der Waals surface area contributed by atoms with E-state index in [9.17, 15) is 19.2 Å². The molecule has 14 heteroatoms. The van der Waals surface area contributed by atoms with Crippen molar-refractivity contribution < 1.29 is 29.4 Å². The average molecular weight is 713 g/mol. The smallest absolute Gasteiger partial charge is 0.326 e. The summed E-state index contributed by atoms with van der Waals surface area (Å²) in [5.74, 6) is -2.47. The number of carboxylic acids is 2. The standard InChI is InChI=1S/2C18H36N4O3/c2*1-2-3-4-5-6-7-8-9-10-13-16(23)22-15(17(24)25)12-11-14-21-18(19)20/h2*15H,2-14H2,1H3,(H,22,23)(H,24,25)(H4,19,20,21)/t2*15-/m00/s1. The summed E-state index contributed by atoms with van der Waals surface area (Å²) in [6.45, 7) is 5.15. The second-order valence-electron chi connectivity index (χ2n) is 13.0. The Morgan fingerprint density at radius 3 is 1.02 bits per heavy atom. The predicted molar refractivity (Wildman–Crippen MR) is 203 cm³/mol. The molecular formula is C36H72N8O6. The third-order valence-corrected chi connectivity index (χ3v) is 8.17. The van der Waals surface area contributed by atoms with Crippen LogP contribution in [-0.2, 0) is 19.2 Å². The van der Waals surface area contributed by atoms with Gasteiger partial charge in [-0.25, -0.2) is 9.59 Å². The van der Waals surface area contributed by atoms with Gasteiger partial charge in [0.05, 0.1) is 0 Å². The number of carboxylic acid groups (broad SMARTS) is 2. The van der Waals surface area contributed by atoms with Crippen LogP contribution >= 0.6 is 0 Å². The third kappa shape index (κ3) is 35.7. The number of guanidine groups is 2. The molecule has 0 aliphatic rings. The lowest BCUT2D eigenvalue weighted by Crippen LogP contribution is -2.40. The predicted octanol–water partition coefficient (Wildman–Crippen LogP) is 5.06. The van der Waals surface area contributed by atoms with Crippen LogP contribution in [0.4, 0.5) is 0 Å². The first kappa shape index (κ1) is 48.5. The molecular weight excluding hydrogens is 640 g/mol. The highest BCUT2D eigenvalue weighted by Crippen LogP contribution is 2.12. The highest BCUT2D eigenvalue weighted by Gasteiger charge is 2.20. The number of unbranched alkanes of at least 4 members (excludes halogenated alkanes) is 16. The minimum atomic E-state index is -1.02. The molecule has 0 saturated carbocycles. The molecule has 0 aromatic carbocycles. The topological polar surface area (TPSA) is 262 Å². The molecule has 0 spiro atoms. The quantitative estimate of drug-likeness (QED) is 0.0261. The van der Waals surface area contributed by atoms with Gasteiger partial charge >= 0.3 is 11.9 Å². The van der Waals surface area contributed by atoms with Crippen molar-refractivity contribution in [2.24, 2.45) is 32.9 Å². The van der Waals surface area contributed by atoms with Crippen LogP contribution in [0.3, 0.4) is 0 Å². The Morgan fingerprint density at radius 2 is 0.760 bits per heavy atom. The monoisotopic (exact) mass is 713 g/mol. The summed E-state index contributed by atoms with van der Waals surface area (Å²) in [5.41, 5.74) is 20.8. The minimum absolute atomic E-state index is 0.0127. The second kappa shape index (κ2) is 35.3. The lowest BCUT2D eigenvalue weighted by molar-refractivity contribution is -0.142. The Bertz CT molecular complexity index is 866. The van der Waals surface area contributed by atoms with Crippen LogP contribution in [0.25, 0.3) is 0 Å². The van der Waals surface area contributed by atoms with Crippen molar-refractivity contribution in [2.45, 2.75) is 180 Å². The van der Waals surface area contributed by atoms with Gasteiger partial charge in [-0.2, -0.15) is 0 Å². The number of carbonyl (C=O) groups excluding carboxylic acids is 2. The lowest BCUT2D eigenvalue weighted by atomic mass is 10.1. The Labute approximate surface area is 301 Å². The lowest BCUT2D eigenvalue weighted by Gasteiger charge is -2.14. The Kier molecular flexibility index (Phi) is 34.2. The summed E-state index contributed by atoms with van der Waals surface area (Å²) in [5, 5.41) is 23.5. The van der Waals surface area contributed by atoms with E-state index in [1.165, 1.54) is 77.0 Å². The second-order valence-corrected chi connectivity index (χ2v) is 13.0. The Balaban J connectivity index is 0. The fraction of sp³-hybridized carbons (Fsp3) is 0.833. The van der Waals surface area contributed by atoms with Crippen molar-refractivity contribution in [1.29, 1.82) is 0 Å². The normalized spacial score (nSPS) is 11.7. The maximum Gasteiger partial charge on any atom is 0.326 e. The van der Waals surface area contributed by atoms with Gasteiger partial charge in [0.25, 0.3) is 0 Å². The molecule has 0 aromatic heterocycles. The van der Waals surface area contributed by atoms with Gasteiger partial charge in [0.1, 0.15) is 12.1 Å². The number of amides is 2. The first-order valence-corrected chi connectivity index (χ1v) is 19.1. The summed E-state index contributed by atoms with van der Waals surface area (Å²) < 4.78 is 0. The van der Waals surface area contributed by atoms with Crippen molar-refractivity contribution >= 4 is 35.7 Å². The highest BCUT2D eigenvalue weighted by atomic mass is 16.4. The molecule has 12 N–H and O–H groups in total. The van der Waals surface area contributed by atoms with Crippen molar-refractivity contribution in [3.63, 3.8) is 0 Å². The number of hydrogen-bond acceptors (Lipinski definition) is 6. The molecule has 14 nitrogen and oxygen atoms in total. The molecule has 292 valence electrons. The van der Waals surface area contributed by atoms with Crippen LogP contribution in [0.5, 0.6) is 0 Å². The molecule has 2 atom stereocenters. The van der Waals surface area contributed by atoms with Gasteiger partial charge in [-0.1, -0.05) is 117 Å². The first-order chi connectivity index (χ1) is 23.9. The van der Waals surface area contributed by atoms with Crippen LogP contribution < -0.4 is 33.6 Å². The van der Waals surface area contributed by atoms with Crippen LogP contribution in [-0.4, -0.2) is 71.1 Å². The van der Waals surface area contributed by atoms with E-state index in [2.05, 4.69) is 34.5 Å². The third-order valence-electron chi connectivity index (χ3n) is 8.17. The fourth-order valence-corrected chi connectivity index (χ4v) is 5.25. The Morgan fingerprint density at radius 1 is 0.480 bits per heavy atom. The zero-order valence-electron chi connectivity index (χ0n) is 31.3. The van der Waals surface area contributed by atoms with E-state index in [-0.39, 0.29) is 23.7 Å². The maximum absolute atomic E-state index is 11.9. The van der Waals surface area contributed by atoms with Gasteiger partial charge in [0.15, 0.2) is 11.9 Å². The van der Waals surface area contributed by atoms with Crippen LogP contribution in [0, 0.1) is 0 Å². The number of aliphatic imine (C=N–C) groups is 2. The van der Waals surface area contributed by atoms with Crippen molar-refractivity contribution in [3.8, 4) is 0 Å². The molecule has 0 saturated heterocycles. The number of nitrogens with zero attached hydrogens (tertiary/aromatic N) is 2. The van der Waals surface area contributed by atoms with E-state index < -0.39 is 24.0 Å². The van der Waals surface area contributed by atoms with Crippen LogP contribution in [0.2, 0.25) is 0 Å². The molecule has 0 aliphatic carbocycles. The molecule has 0 rings (SSSR count). The number of carbonyl (C=O) groups is 4. The van der Waals surface area contributed by atoms with Gasteiger partial charge in [-0.3, -0.25) is 19.6 Å². The molecule has 2 amide bonds. The Hall–Kier alpha value is -3.58. The van der Waals surface area contributed by atoms with E-state index in [4.69, 9.17) is 33.1 Å². The van der Waals surface area contributed by atoms with E-state index >= 15 is 0 Å². The summed E-state index contributed by atoms with van der Waals surface area (Å²) >= 11 is 0. The fourth-order valence-electron chi connectivity index (χ4n) is 5.25. The van der Waals surface area contributed by atoms with Gasteiger partial charge in [-0.05, 0) is 38.5 Å². The molecule has 0 unspecified atom stereocenters. The van der Waals surface area contributed by atoms with Crippen LogP contribution in [0.15, 0.2) is 9.98 Å². The zero-order valence-corrected chi connectivity index (χ0v) is 31.3. The number of nitrogens with one attached hydrogen (secondary N) is 2. The average Bonchev–Trinajstić information content (AvgIpc) is 3.05. The number of hydrogen-bond donors (Lipinski definition) is 8. The molecule has 0 bridgehead atoms. The van der Waals surface area contributed by atoms with Gasteiger partial charge in [0, 0.05) is 25.9 Å². The van der Waals surface area contributed by atoms with Crippen molar-refractivity contribution in [3.05, 3.63) is 0 Å². The van der Waals surface area contributed by atoms with E-state index in [1.807, 2.05) is 0 Å². The van der Waals surface area contributed by atoms with Crippen molar-refractivity contribution in [2.75, 3.05) is 13.1 Å². The number of aliphatic carboxylic acids is 2. The molecule has 0 fully saturated rings. The van der Waals surface area contributed by atoms with Gasteiger partial charge < -0.3 is 43.8 Å². The SMILES string of the molecule is CCCCCCCCCCCC(=O)N[C@@H](CCCN=C(N)N)C(=O)O.CCCCCCCCCCCC(=O)N[C@@H](CCCN=C(N)N)C(=O)O. The van der Waals surface area contributed by atoms with Crippen molar-refractivity contribution in [1.82, 2.24) is 10.6 Å². The maximum atomic E-state index is 11.9. The molecule has 0 aromatic rings. The highest BCUT2D eigenvalue weighted by molar-refractivity contribution is 5.84. The number of nitrogens with two attached hydrogens (primary N) is 4. The van der Waals surface area contributed by atoms with Crippen LogP contribution in [0.1, 0.15) is 168 Å². The van der Waals surface area contributed by atoms with Gasteiger partial charge in [0.2, 0.25) is 11.8 Å². The van der Waals surface area contributed by atoms with Gasteiger partial charge in [-0.15, -0.1) is 0 Å². The van der Waals surface area contributed by atoms with E-state index in [1.54, 1.807) is 0 Å². The van der Waals surface area contributed by atoms with E-state index in [0.29, 0.717) is 51.6 Å². The largest absolute Gasteiger partial charge is 0.480 e. The minimum Gasteiger partial charge on any atom is -0.480 e. The van der Waals surface area contributed by atoms with E-state index in [0.717, 1.165) is 38.5 Å². The summed E-state index contributed by atoms with van der Waals surface area (Å²) in [6, 6.07) is -1.75. The summed E-state index contributed by atoms with van der Waals surface area (Å²) in [7, 11) is 0.